The number of ether oxygens (including phenoxy) is 3. The number of aromatic nitrogens is 2. The van der Waals surface area contributed by atoms with Crippen LogP contribution in [0.15, 0.2) is 12.1 Å². The molecule has 2 atom stereocenters. The number of nitrogens with zero attached hydrogens (tertiary/aromatic N) is 2. The number of fused-ring (bicyclic) bond motifs is 1. The summed E-state index contributed by atoms with van der Waals surface area (Å²) in [6.45, 7) is 1.33. The number of benzene rings is 1. The molecule has 2 unspecified atom stereocenters. The molecular formula is C19H27AsN4O4. The molecule has 0 bridgehead atoms. The number of hydrogen-bond donors (Lipinski definition) is 2. The van der Waals surface area contributed by atoms with Gasteiger partial charge in [-0.1, -0.05) is 0 Å². The molecule has 1 fully saturated rings. The minimum absolute atomic E-state index is 0.0000973. The molecule has 1 aromatic carbocycles. The Morgan fingerprint density at radius 3 is 2.75 bits per heavy atom. The Morgan fingerprint density at radius 1 is 1.32 bits per heavy atom. The fourth-order valence-electron chi connectivity index (χ4n) is 3.16. The van der Waals surface area contributed by atoms with Crippen molar-refractivity contribution in [3.63, 3.8) is 0 Å². The minimum atomic E-state index is -1.46. The summed E-state index contributed by atoms with van der Waals surface area (Å²) in [5, 5.41) is 4.70. The molecular weight excluding hydrogens is 423 g/mol. The Kier molecular flexibility index (Phi) is 6.97. The summed E-state index contributed by atoms with van der Waals surface area (Å²) in [4.78, 5) is 21.2. The number of nitrogen functional groups attached to an aromatic ring is 1. The summed E-state index contributed by atoms with van der Waals surface area (Å²) in [5.74, 6) is 1.67. The van der Waals surface area contributed by atoms with Crippen molar-refractivity contribution in [1.29, 1.82) is 0 Å². The second-order valence-electron chi connectivity index (χ2n) is 6.70. The maximum atomic E-state index is 12.0. The molecule has 0 aliphatic carbocycles. The molecule has 28 heavy (non-hydrogen) atoms. The molecule has 0 spiro atoms. The van der Waals surface area contributed by atoms with E-state index in [0.717, 1.165) is 40.0 Å². The number of rotatable bonds is 8. The number of amides is 1. The zero-order chi connectivity index (χ0) is 20.1. The molecule has 1 amide bonds. The van der Waals surface area contributed by atoms with E-state index in [9.17, 15) is 4.79 Å². The average molecular weight is 450 g/mol. The third-order valence-electron chi connectivity index (χ3n) is 4.75. The monoisotopic (exact) mass is 450 g/mol. The van der Waals surface area contributed by atoms with Gasteiger partial charge >= 0.3 is 169 Å². The molecule has 1 aliphatic rings. The molecule has 2 aromatic rings. The fraction of sp³-hybridized carbons (Fsp3) is 0.526. The summed E-state index contributed by atoms with van der Waals surface area (Å²) in [6, 6.07) is 3.64. The van der Waals surface area contributed by atoms with Gasteiger partial charge in [-0.15, -0.1) is 0 Å². The topological polar surface area (TPSA) is 109 Å². The normalized spacial score (nSPS) is 17.5. The first-order valence-corrected chi connectivity index (χ1v) is 13.5. The number of hydrogen-bond acceptors (Lipinski definition) is 7. The molecule has 2 heterocycles. The quantitative estimate of drug-likeness (QED) is 0.460. The first-order valence-electron chi connectivity index (χ1n) is 9.33. The standard InChI is InChI=1S/C19H27AsN4O4/c1-20(7-5-8-22-18(25)14-6-4-9-28-14)19-23-13-11-16(27-3)15(26-2)10-12(13)17(21)24-19/h10-11,14H,4-9H2,1-3H3,(H,22,25)(H2,21,23,24). The van der Waals surface area contributed by atoms with E-state index in [0.29, 0.717) is 30.5 Å². The zero-order valence-electron chi connectivity index (χ0n) is 16.5. The maximum absolute atomic E-state index is 12.0. The number of anilines is 1. The van der Waals surface area contributed by atoms with Gasteiger partial charge < -0.3 is 0 Å². The predicted molar refractivity (Wildman–Crippen MR) is 110 cm³/mol. The van der Waals surface area contributed by atoms with Crippen molar-refractivity contribution >= 4 is 41.9 Å². The first-order chi connectivity index (χ1) is 13.5. The molecule has 1 aromatic heterocycles. The third-order valence-corrected chi connectivity index (χ3v) is 8.67. The van der Waals surface area contributed by atoms with Crippen LogP contribution in [0.1, 0.15) is 19.3 Å². The second kappa shape index (κ2) is 9.43. The van der Waals surface area contributed by atoms with E-state index in [1.54, 1.807) is 20.3 Å². The number of carbonyl (C=O) groups is 1. The van der Waals surface area contributed by atoms with Crippen molar-refractivity contribution < 1.29 is 19.0 Å². The van der Waals surface area contributed by atoms with Crippen molar-refractivity contribution in [3.8, 4) is 11.5 Å². The van der Waals surface area contributed by atoms with Crippen LogP contribution in [-0.4, -0.2) is 64.0 Å². The molecule has 152 valence electrons. The molecule has 9 heteroatoms. The molecule has 8 nitrogen and oxygen atoms in total. The van der Waals surface area contributed by atoms with Gasteiger partial charge in [0.1, 0.15) is 0 Å². The summed E-state index contributed by atoms with van der Waals surface area (Å²) in [7, 11) is 3.18. The van der Waals surface area contributed by atoms with Crippen LogP contribution in [0.25, 0.3) is 10.9 Å². The average Bonchev–Trinajstić information content (AvgIpc) is 3.24. The Bertz CT molecular complexity index is 842. The van der Waals surface area contributed by atoms with E-state index in [2.05, 4.69) is 16.0 Å². The molecule has 3 N–H and O–H groups in total. The van der Waals surface area contributed by atoms with E-state index in [1.807, 2.05) is 6.07 Å². The van der Waals surface area contributed by atoms with Crippen LogP contribution in [0, 0.1) is 0 Å². The van der Waals surface area contributed by atoms with Crippen molar-refractivity contribution in [2.75, 3.05) is 33.1 Å². The van der Waals surface area contributed by atoms with Crippen LogP contribution in [0.5, 0.6) is 11.5 Å². The molecule has 1 saturated heterocycles. The molecule has 3 rings (SSSR count). The third kappa shape index (κ3) is 4.67. The van der Waals surface area contributed by atoms with Crippen molar-refractivity contribution in [2.24, 2.45) is 0 Å². The van der Waals surface area contributed by atoms with Gasteiger partial charge in [-0.25, -0.2) is 0 Å². The van der Waals surface area contributed by atoms with Crippen LogP contribution < -0.4 is 25.1 Å². The Balaban J connectivity index is 1.62. The van der Waals surface area contributed by atoms with Crippen molar-refractivity contribution in [3.05, 3.63) is 12.1 Å². The van der Waals surface area contributed by atoms with Crippen LogP contribution in [-0.2, 0) is 9.53 Å². The van der Waals surface area contributed by atoms with E-state index >= 15 is 0 Å². The van der Waals surface area contributed by atoms with Crippen molar-refractivity contribution in [2.45, 2.75) is 36.3 Å². The number of nitrogens with one attached hydrogen (secondary N) is 1. The van der Waals surface area contributed by atoms with Gasteiger partial charge in [0.15, 0.2) is 0 Å². The van der Waals surface area contributed by atoms with Crippen molar-refractivity contribution in [1.82, 2.24) is 15.3 Å². The fourth-order valence-corrected chi connectivity index (χ4v) is 6.08. The number of methoxy groups -OCH3 is 2. The molecule has 1 aliphatic heterocycles. The van der Waals surface area contributed by atoms with Gasteiger partial charge in [-0.3, -0.25) is 0 Å². The summed E-state index contributed by atoms with van der Waals surface area (Å²) < 4.78 is 16.9. The van der Waals surface area contributed by atoms with Crippen LogP contribution in [0.2, 0.25) is 10.9 Å². The van der Waals surface area contributed by atoms with E-state index in [4.69, 9.17) is 24.9 Å². The van der Waals surface area contributed by atoms with E-state index < -0.39 is 14.7 Å². The Morgan fingerprint density at radius 2 is 2.07 bits per heavy atom. The molecule has 0 saturated carbocycles. The van der Waals surface area contributed by atoms with Gasteiger partial charge in [0.05, 0.1) is 0 Å². The van der Waals surface area contributed by atoms with Gasteiger partial charge in [-0.2, -0.15) is 0 Å². The van der Waals surface area contributed by atoms with Crippen LogP contribution in [0.3, 0.4) is 0 Å². The SMILES string of the molecule is COc1cc2nc([As](C)CCCNC(=O)C3CCCO3)nc(N)c2cc1OC. The zero-order valence-corrected chi connectivity index (χ0v) is 18.4. The summed E-state index contributed by atoms with van der Waals surface area (Å²) in [5.41, 5.74) is 9.14. The van der Waals surface area contributed by atoms with Gasteiger partial charge in [0.25, 0.3) is 0 Å². The number of nitrogens with two attached hydrogens (primary N) is 1. The van der Waals surface area contributed by atoms with Gasteiger partial charge in [0, 0.05) is 0 Å². The van der Waals surface area contributed by atoms with Gasteiger partial charge in [0.2, 0.25) is 0 Å². The Hall–Kier alpha value is -2.05. The Labute approximate surface area is 169 Å². The predicted octanol–water partition coefficient (Wildman–Crippen LogP) is 1.25. The summed E-state index contributed by atoms with van der Waals surface area (Å²) in [6.07, 6.45) is 2.39. The van der Waals surface area contributed by atoms with E-state index in [-0.39, 0.29) is 12.0 Å². The first kappa shape index (κ1) is 20.7. The summed E-state index contributed by atoms with van der Waals surface area (Å²) >= 11 is -1.46. The van der Waals surface area contributed by atoms with Crippen LogP contribution in [0.4, 0.5) is 5.82 Å². The number of carbonyl (C=O) groups excluding carboxylic acids is 1. The van der Waals surface area contributed by atoms with Gasteiger partial charge in [-0.05, 0) is 0 Å². The second-order valence-corrected chi connectivity index (χ2v) is 11.4. The van der Waals surface area contributed by atoms with Crippen LogP contribution >= 0.6 is 0 Å². The van der Waals surface area contributed by atoms with E-state index in [1.165, 1.54) is 0 Å². The molecule has 0 radical (unpaired) electrons.